The molecule has 0 unspecified atom stereocenters. The fraction of sp³-hybridized carbons (Fsp3) is 0.550. The quantitative estimate of drug-likeness (QED) is 0.653. The van der Waals surface area contributed by atoms with Gasteiger partial charge in [-0.05, 0) is 50.3 Å². The number of carbonyl (C=O) groups is 3. The van der Waals surface area contributed by atoms with E-state index in [9.17, 15) is 14.4 Å². The monoisotopic (exact) mass is 359 g/mol. The summed E-state index contributed by atoms with van der Waals surface area (Å²) in [5, 5.41) is 8.61. The van der Waals surface area contributed by atoms with Gasteiger partial charge in [-0.25, -0.2) is 0 Å². The lowest BCUT2D eigenvalue weighted by Gasteiger charge is -2.27. The average molecular weight is 359 g/mol. The van der Waals surface area contributed by atoms with Crippen molar-refractivity contribution in [3.05, 3.63) is 24.3 Å². The fourth-order valence-corrected chi connectivity index (χ4v) is 3.27. The summed E-state index contributed by atoms with van der Waals surface area (Å²) in [4.78, 5) is 35.7. The van der Waals surface area contributed by atoms with Crippen LogP contribution in [0.15, 0.2) is 24.3 Å². The first-order valence-corrected chi connectivity index (χ1v) is 9.45. The van der Waals surface area contributed by atoms with Crippen LogP contribution in [0, 0.1) is 11.8 Å². The number of amides is 3. The number of rotatable bonds is 7. The average Bonchev–Trinajstić information content (AvgIpc) is 2.61. The zero-order valence-corrected chi connectivity index (χ0v) is 15.6. The Hall–Kier alpha value is -2.37. The van der Waals surface area contributed by atoms with E-state index in [1.54, 1.807) is 24.3 Å². The van der Waals surface area contributed by atoms with E-state index in [0.717, 1.165) is 45.1 Å². The molecule has 1 aliphatic rings. The van der Waals surface area contributed by atoms with Crippen LogP contribution in [0.4, 0.5) is 11.4 Å². The Morgan fingerprint density at radius 2 is 1.54 bits per heavy atom. The van der Waals surface area contributed by atoms with Gasteiger partial charge in [0.15, 0.2) is 0 Å². The van der Waals surface area contributed by atoms with Gasteiger partial charge in [0.2, 0.25) is 17.7 Å². The Labute approximate surface area is 155 Å². The molecule has 1 aliphatic carbocycles. The maximum absolute atomic E-state index is 12.5. The van der Waals surface area contributed by atoms with Crippen LogP contribution in [-0.2, 0) is 14.4 Å². The molecule has 6 heteroatoms. The number of anilines is 2. The minimum Gasteiger partial charge on any atom is -0.356 e. The number of hydrogen-bond acceptors (Lipinski definition) is 3. The van der Waals surface area contributed by atoms with Crippen LogP contribution in [0.5, 0.6) is 0 Å². The standard InChI is InChI=1S/C20H29N3O3/c1-3-4-12-21-19(25)15-8-10-16(11-9-15)20(26)23-18-7-5-6-17(13-18)22-14(2)24/h5-7,13,15-16H,3-4,8-12H2,1-2H3,(H,21,25)(H,22,24)(H,23,26). The van der Waals surface area contributed by atoms with Gasteiger partial charge in [0, 0.05) is 36.7 Å². The molecular weight excluding hydrogens is 330 g/mol. The molecule has 0 radical (unpaired) electrons. The Kier molecular flexibility index (Phi) is 7.63. The summed E-state index contributed by atoms with van der Waals surface area (Å²) < 4.78 is 0. The van der Waals surface area contributed by atoms with Crippen LogP contribution in [0.3, 0.4) is 0 Å². The van der Waals surface area contributed by atoms with Crippen molar-refractivity contribution in [3.8, 4) is 0 Å². The highest BCUT2D eigenvalue weighted by Gasteiger charge is 2.29. The second-order valence-corrected chi connectivity index (χ2v) is 6.94. The normalized spacial score (nSPS) is 19.5. The summed E-state index contributed by atoms with van der Waals surface area (Å²) in [7, 11) is 0. The predicted molar refractivity (Wildman–Crippen MR) is 103 cm³/mol. The maximum atomic E-state index is 12.5. The first-order valence-electron chi connectivity index (χ1n) is 9.45. The van der Waals surface area contributed by atoms with E-state index in [1.807, 2.05) is 0 Å². The van der Waals surface area contributed by atoms with Crippen molar-refractivity contribution in [2.75, 3.05) is 17.2 Å². The van der Waals surface area contributed by atoms with Gasteiger partial charge < -0.3 is 16.0 Å². The van der Waals surface area contributed by atoms with Crippen molar-refractivity contribution in [2.45, 2.75) is 52.4 Å². The third-order valence-electron chi connectivity index (χ3n) is 4.75. The molecule has 1 aromatic carbocycles. The van der Waals surface area contributed by atoms with E-state index in [4.69, 9.17) is 0 Å². The second-order valence-electron chi connectivity index (χ2n) is 6.94. The number of carbonyl (C=O) groups excluding carboxylic acids is 3. The summed E-state index contributed by atoms with van der Waals surface area (Å²) in [5.74, 6) is -0.0859. The van der Waals surface area contributed by atoms with E-state index in [1.165, 1.54) is 6.92 Å². The van der Waals surface area contributed by atoms with Crippen molar-refractivity contribution >= 4 is 29.1 Å². The minimum absolute atomic E-state index is 0.0187. The molecule has 6 nitrogen and oxygen atoms in total. The molecule has 3 N–H and O–H groups in total. The molecule has 0 bridgehead atoms. The fourth-order valence-electron chi connectivity index (χ4n) is 3.27. The molecule has 0 aromatic heterocycles. The van der Waals surface area contributed by atoms with E-state index in [2.05, 4.69) is 22.9 Å². The molecule has 3 amide bonds. The van der Waals surface area contributed by atoms with Crippen molar-refractivity contribution in [2.24, 2.45) is 11.8 Å². The van der Waals surface area contributed by atoms with Crippen molar-refractivity contribution in [1.82, 2.24) is 5.32 Å². The zero-order chi connectivity index (χ0) is 18.9. The van der Waals surface area contributed by atoms with Crippen LogP contribution in [-0.4, -0.2) is 24.3 Å². The zero-order valence-electron chi connectivity index (χ0n) is 15.6. The summed E-state index contributed by atoms with van der Waals surface area (Å²) in [6.07, 6.45) is 5.02. The van der Waals surface area contributed by atoms with Gasteiger partial charge in [-0.2, -0.15) is 0 Å². The Morgan fingerprint density at radius 1 is 0.962 bits per heavy atom. The van der Waals surface area contributed by atoms with Crippen LogP contribution in [0.1, 0.15) is 52.4 Å². The van der Waals surface area contributed by atoms with Crippen molar-refractivity contribution < 1.29 is 14.4 Å². The smallest absolute Gasteiger partial charge is 0.227 e. The largest absolute Gasteiger partial charge is 0.356 e. The van der Waals surface area contributed by atoms with Gasteiger partial charge in [0.25, 0.3) is 0 Å². The van der Waals surface area contributed by atoms with Gasteiger partial charge in [-0.15, -0.1) is 0 Å². The number of benzene rings is 1. The van der Waals surface area contributed by atoms with Crippen molar-refractivity contribution in [1.29, 1.82) is 0 Å². The van der Waals surface area contributed by atoms with E-state index < -0.39 is 0 Å². The van der Waals surface area contributed by atoms with E-state index >= 15 is 0 Å². The number of nitrogens with one attached hydrogen (secondary N) is 3. The molecular formula is C20H29N3O3. The molecule has 0 aliphatic heterocycles. The van der Waals surface area contributed by atoms with Gasteiger partial charge in [0.1, 0.15) is 0 Å². The van der Waals surface area contributed by atoms with E-state index in [0.29, 0.717) is 11.4 Å². The molecule has 0 atom stereocenters. The van der Waals surface area contributed by atoms with Crippen LogP contribution in [0.25, 0.3) is 0 Å². The summed E-state index contributed by atoms with van der Waals surface area (Å²) in [5.41, 5.74) is 1.32. The maximum Gasteiger partial charge on any atom is 0.227 e. The molecule has 26 heavy (non-hydrogen) atoms. The molecule has 142 valence electrons. The predicted octanol–water partition coefficient (Wildman–Crippen LogP) is 3.31. The first kappa shape index (κ1) is 19.9. The third kappa shape index (κ3) is 6.17. The highest BCUT2D eigenvalue weighted by atomic mass is 16.2. The summed E-state index contributed by atoms with van der Waals surface area (Å²) in [6, 6.07) is 7.11. The molecule has 1 aromatic rings. The first-order chi connectivity index (χ1) is 12.5. The summed E-state index contributed by atoms with van der Waals surface area (Å²) >= 11 is 0. The Balaban J connectivity index is 1.81. The molecule has 0 heterocycles. The molecule has 1 fully saturated rings. The summed E-state index contributed by atoms with van der Waals surface area (Å²) in [6.45, 7) is 4.28. The minimum atomic E-state index is -0.149. The van der Waals surface area contributed by atoms with Gasteiger partial charge in [0.05, 0.1) is 0 Å². The van der Waals surface area contributed by atoms with Crippen LogP contribution >= 0.6 is 0 Å². The Morgan fingerprint density at radius 3 is 2.12 bits per heavy atom. The molecule has 2 rings (SSSR count). The van der Waals surface area contributed by atoms with Gasteiger partial charge in [-0.3, -0.25) is 14.4 Å². The lowest BCUT2D eigenvalue weighted by Crippen LogP contribution is -2.35. The van der Waals surface area contributed by atoms with Gasteiger partial charge in [-0.1, -0.05) is 19.4 Å². The van der Waals surface area contributed by atoms with Gasteiger partial charge >= 0.3 is 0 Å². The molecule has 1 saturated carbocycles. The van der Waals surface area contributed by atoms with Crippen LogP contribution in [0.2, 0.25) is 0 Å². The SMILES string of the molecule is CCCCNC(=O)C1CCC(C(=O)Nc2cccc(NC(C)=O)c2)CC1. The lowest BCUT2D eigenvalue weighted by atomic mass is 9.81. The Bertz CT molecular complexity index is 637. The number of unbranched alkanes of at least 4 members (excludes halogenated alkanes) is 1. The highest BCUT2D eigenvalue weighted by Crippen LogP contribution is 2.30. The highest BCUT2D eigenvalue weighted by molar-refractivity contribution is 5.94. The van der Waals surface area contributed by atoms with E-state index in [-0.39, 0.29) is 29.6 Å². The lowest BCUT2D eigenvalue weighted by molar-refractivity contribution is -0.128. The topological polar surface area (TPSA) is 87.3 Å². The van der Waals surface area contributed by atoms with Crippen LogP contribution < -0.4 is 16.0 Å². The second kappa shape index (κ2) is 9.94. The number of hydrogen-bond donors (Lipinski definition) is 3. The molecule has 0 saturated heterocycles. The van der Waals surface area contributed by atoms with Crippen molar-refractivity contribution in [3.63, 3.8) is 0 Å². The molecule has 0 spiro atoms. The third-order valence-corrected chi connectivity index (χ3v) is 4.75.